The molecule has 2 amide bonds. The average molecular weight is 527 g/mol. The number of guanidine groups is 1. The van der Waals surface area contributed by atoms with Crippen molar-refractivity contribution in [1.82, 2.24) is 20.0 Å². The molecule has 2 aliphatic heterocycles. The van der Waals surface area contributed by atoms with Crippen molar-refractivity contribution >= 4 is 51.6 Å². The van der Waals surface area contributed by atoms with Crippen LogP contribution in [-0.2, 0) is 19.4 Å². The zero-order valence-electron chi connectivity index (χ0n) is 16.5. The van der Waals surface area contributed by atoms with Gasteiger partial charge in [-0.1, -0.05) is 0 Å². The van der Waals surface area contributed by atoms with Gasteiger partial charge in [0.05, 0.1) is 18.1 Å². The fourth-order valence-corrected chi connectivity index (χ4v) is 5.32. The van der Waals surface area contributed by atoms with Crippen LogP contribution in [0.1, 0.15) is 19.3 Å². The van der Waals surface area contributed by atoms with E-state index in [4.69, 9.17) is 0 Å². The number of amides is 2. The molecule has 3 fully saturated rings. The first kappa shape index (κ1) is 23.2. The first-order valence-electron chi connectivity index (χ1n) is 9.48. The summed E-state index contributed by atoms with van der Waals surface area (Å²) in [6, 6.07) is 0.395. The summed E-state index contributed by atoms with van der Waals surface area (Å²) in [5.41, 5.74) is 0. The third kappa shape index (κ3) is 6.19. The Morgan fingerprint density at radius 3 is 2.50 bits per heavy atom. The number of hydrogen-bond acceptors (Lipinski definition) is 5. The van der Waals surface area contributed by atoms with Crippen molar-refractivity contribution in [2.24, 2.45) is 10.9 Å². The van der Waals surface area contributed by atoms with Gasteiger partial charge in [0.1, 0.15) is 6.54 Å². The molecule has 0 aromatic heterocycles. The predicted octanol–water partition coefficient (Wildman–Crippen LogP) is -0.620. The Hall–Kier alpha value is -1.11. The summed E-state index contributed by atoms with van der Waals surface area (Å²) in [4.78, 5) is 34.0. The molecule has 2 saturated heterocycles. The zero-order valence-corrected chi connectivity index (χ0v) is 19.6. The maximum absolute atomic E-state index is 12.4. The van der Waals surface area contributed by atoms with Gasteiger partial charge in [-0.15, -0.1) is 24.0 Å². The van der Waals surface area contributed by atoms with Crippen LogP contribution < -0.4 is 5.32 Å². The molecule has 1 unspecified atom stereocenters. The van der Waals surface area contributed by atoms with Gasteiger partial charge in [-0.2, -0.15) is 0 Å². The van der Waals surface area contributed by atoms with Gasteiger partial charge in [-0.3, -0.25) is 9.59 Å². The molecule has 3 aliphatic rings. The smallest absolute Gasteiger partial charge is 0.243 e. The second-order valence-corrected chi connectivity index (χ2v) is 10.0. The van der Waals surface area contributed by atoms with Crippen LogP contribution >= 0.6 is 24.0 Å². The summed E-state index contributed by atoms with van der Waals surface area (Å²) >= 11 is 0. The van der Waals surface area contributed by atoms with Crippen molar-refractivity contribution in [3.05, 3.63) is 0 Å². The molecule has 0 aromatic carbocycles. The minimum atomic E-state index is -2.94. The number of nitrogens with zero attached hydrogens (tertiary/aromatic N) is 4. The molecular weight excluding hydrogens is 497 g/mol. The van der Waals surface area contributed by atoms with E-state index in [2.05, 4.69) is 10.3 Å². The highest BCUT2D eigenvalue weighted by Crippen LogP contribution is 2.28. The van der Waals surface area contributed by atoms with Gasteiger partial charge in [0.15, 0.2) is 15.8 Å². The highest BCUT2D eigenvalue weighted by molar-refractivity contribution is 14.0. The Morgan fingerprint density at radius 1 is 1.25 bits per heavy atom. The molecule has 0 bridgehead atoms. The van der Waals surface area contributed by atoms with Gasteiger partial charge in [0.25, 0.3) is 0 Å². The Bertz CT molecular complexity index is 723. The lowest BCUT2D eigenvalue weighted by molar-refractivity contribution is -0.135. The van der Waals surface area contributed by atoms with Crippen molar-refractivity contribution in [2.75, 3.05) is 58.3 Å². The molecule has 1 aliphatic carbocycles. The van der Waals surface area contributed by atoms with E-state index in [-0.39, 0.29) is 66.3 Å². The molecular formula is C17H30IN5O4S. The average Bonchev–Trinajstić information content (AvgIpc) is 3.38. The number of likely N-dealkylation sites (N-methyl/N-ethyl adjacent to an activating group) is 1. The van der Waals surface area contributed by atoms with Crippen LogP contribution in [0.15, 0.2) is 4.99 Å². The summed E-state index contributed by atoms with van der Waals surface area (Å²) in [6.07, 6.45) is 2.80. The monoisotopic (exact) mass is 527 g/mol. The lowest BCUT2D eigenvalue weighted by Gasteiger charge is -2.36. The van der Waals surface area contributed by atoms with Crippen molar-refractivity contribution < 1.29 is 18.0 Å². The zero-order chi connectivity index (χ0) is 19.6. The maximum Gasteiger partial charge on any atom is 0.243 e. The van der Waals surface area contributed by atoms with Crippen molar-refractivity contribution in [2.45, 2.75) is 25.3 Å². The molecule has 11 heteroatoms. The van der Waals surface area contributed by atoms with Gasteiger partial charge in [0, 0.05) is 39.8 Å². The van der Waals surface area contributed by atoms with E-state index in [1.54, 1.807) is 14.1 Å². The minimum Gasteiger partial charge on any atom is -0.356 e. The van der Waals surface area contributed by atoms with Crippen LogP contribution in [0.2, 0.25) is 0 Å². The number of hydrogen-bond donors (Lipinski definition) is 1. The fraction of sp³-hybridized carbons (Fsp3) is 0.824. The quantitative estimate of drug-likeness (QED) is 0.291. The van der Waals surface area contributed by atoms with E-state index < -0.39 is 9.84 Å². The molecule has 0 radical (unpaired) electrons. The Kier molecular flexibility index (Phi) is 7.94. The van der Waals surface area contributed by atoms with Gasteiger partial charge in [-0.05, 0) is 25.2 Å². The van der Waals surface area contributed by atoms with Gasteiger partial charge in [-0.25, -0.2) is 13.4 Å². The number of carbonyl (C=O) groups is 2. The lowest BCUT2D eigenvalue weighted by atomic mass is 10.1. The number of carbonyl (C=O) groups excluding carboxylic acids is 2. The second-order valence-electron chi connectivity index (χ2n) is 7.82. The van der Waals surface area contributed by atoms with E-state index >= 15 is 0 Å². The number of sulfone groups is 1. The van der Waals surface area contributed by atoms with Gasteiger partial charge < -0.3 is 20.0 Å². The number of halogens is 1. The summed E-state index contributed by atoms with van der Waals surface area (Å²) < 4.78 is 23.3. The van der Waals surface area contributed by atoms with E-state index in [9.17, 15) is 18.0 Å². The summed E-state index contributed by atoms with van der Waals surface area (Å²) in [5.74, 6) is 0.912. The normalized spacial score (nSPS) is 24.7. The van der Waals surface area contributed by atoms with Crippen LogP contribution in [0.3, 0.4) is 0 Å². The molecule has 1 N–H and O–H groups in total. The number of piperazine rings is 1. The van der Waals surface area contributed by atoms with E-state index in [0.717, 1.165) is 12.8 Å². The van der Waals surface area contributed by atoms with Crippen molar-refractivity contribution in [3.8, 4) is 0 Å². The van der Waals surface area contributed by atoms with Crippen LogP contribution in [0.25, 0.3) is 0 Å². The van der Waals surface area contributed by atoms with Gasteiger partial charge in [0.2, 0.25) is 11.8 Å². The molecule has 3 rings (SSSR count). The highest BCUT2D eigenvalue weighted by atomic mass is 127. The fourth-order valence-electron chi connectivity index (χ4n) is 3.46. The number of aliphatic imine (C=N–C) groups is 1. The van der Waals surface area contributed by atoms with E-state index in [0.29, 0.717) is 38.1 Å². The Labute approximate surface area is 183 Å². The summed E-state index contributed by atoms with van der Waals surface area (Å²) in [6.45, 7) is 2.03. The lowest BCUT2D eigenvalue weighted by Crippen LogP contribution is -2.56. The van der Waals surface area contributed by atoms with Crippen LogP contribution in [0, 0.1) is 5.92 Å². The van der Waals surface area contributed by atoms with E-state index in [1.165, 1.54) is 4.90 Å². The summed E-state index contributed by atoms with van der Waals surface area (Å²) in [5, 5.41) is 3.21. The molecule has 160 valence electrons. The largest absolute Gasteiger partial charge is 0.356 e. The van der Waals surface area contributed by atoms with Crippen LogP contribution in [0.5, 0.6) is 0 Å². The van der Waals surface area contributed by atoms with Crippen LogP contribution in [-0.4, -0.2) is 105 Å². The first-order chi connectivity index (χ1) is 12.7. The third-order valence-corrected chi connectivity index (χ3v) is 7.12. The first-order valence-corrected chi connectivity index (χ1v) is 11.3. The molecule has 9 nitrogen and oxygen atoms in total. The molecule has 28 heavy (non-hydrogen) atoms. The van der Waals surface area contributed by atoms with Crippen molar-refractivity contribution in [3.63, 3.8) is 0 Å². The Morgan fingerprint density at radius 2 is 1.96 bits per heavy atom. The number of rotatable bonds is 5. The molecule has 0 aromatic rings. The maximum atomic E-state index is 12.4. The van der Waals surface area contributed by atoms with Crippen LogP contribution in [0.4, 0.5) is 0 Å². The Balaban J connectivity index is 0.00000280. The SMILES string of the molecule is CN(C)C(=O)CN=C(NCC1CCS(=O)(=O)C1)N1CCN(C2CC2)C(=O)C1.I. The number of nitrogens with one attached hydrogen (secondary N) is 1. The molecule has 1 atom stereocenters. The topological polar surface area (TPSA) is 102 Å². The highest BCUT2D eigenvalue weighted by Gasteiger charge is 2.36. The predicted molar refractivity (Wildman–Crippen MR) is 117 cm³/mol. The standard InChI is InChI=1S/C17H29N5O4S.HI/c1-20(2)15(23)10-19-17(18-9-13-5-8-27(25,26)12-13)21-6-7-22(14-3-4-14)16(24)11-21;/h13-14H,3-12H2,1-2H3,(H,18,19);1H. The molecule has 0 spiro atoms. The van der Waals surface area contributed by atoms with E-state index in [1.807, 2.05) is 9.80 Å². The third-order valence-electron chi connectivity index (χ3n) is 5.28. The minimum absolute atomic E-state index is 0. The molecule has 2 heterocycles. The summed E-state index contributed by atoms with van der Waals surface area (Å²) in [7, 11) is 0.407. The second kappa shape index (κ2) is 9.59. The van der Waals surface area contributed by atoms with Crippen molar-refractivity contribution in [1.29, 1.82) is 0 Å². The van der Waals surface area contributed by atoms with Gasteiger partial charge >= 0.3 is 0 Å². The molecule has 1 saturated carbocycles.